The quantitative estimate of drug-likeness (QED) is 0.739. The third-order valence-electron chi connectivity index (χ3n) is 5.07. The summed E-state index contributed by atoms with van der Waals surface area (Å²) >= 11 is 0. The summed E-state index contributed by atoms with van der Waals surface area (Å²) in [6, 6.07) is 0. The molecule has 17 heavy (non-hydrogen) atoms. The van der Waals surface area contributed by atoms with E-state index in [1.807, 2.05) is 0 Å². The fourth-order valence-corrected chi connectivity index (χ4v) is 3.74. The van der Waals surface area contributed by atoms with Gasteiger partial charge in [0.1, 0.15) is 0 Å². The SMILES string of the molecule is CC(C)(C)C1CCC2(CC1)CNCC2C(=O)O. The minimum Gasteiger partial charge on any atom is -0.481 e. The second-order valence-electron chi connectivity index (χ2n) is 7.02. The van der Waals surface area contributed by atoms with Gasteiger partial charge in [-0.05, 0) is 42.4 Å². The number of carboxylic acid groups (broad SMARTS) is 1. The van der Waals surface area contributed by atoms with E-state index >= 15 is 0 Å². The molecule has 0 amide bonds. The van der Waals surface area contributed by atoms with E-state index in [0.29, 0.717) is 12.0 Å². The van der Waals surface area contributed by atoms with Gasteiger partial charge in [0.05, 0.1) is 5.92 Å². The largest absolute Gasteiger partial charge is 0.481 e. The van der Waals surface area contributed by atoms with Crippen LogP contribution in [0.25, 0.3) is 0 Å². The van der Waals surface area contributed by atoms with Crippen molar-refractivity contribution in [3.63, 3.8) is 0 Å². The average molecular weight is 239 g/mol. The van der Waals surface area contributed by atoms with Crippen LogP contribution in [0.5, 0.6) is 0 Å². The lowest BCUT2D eigenvalue weighted by Gasteiger charge is -2.43. The molecular weight excluding hydrogens is 214 g/mol. The fourth-order valence-electron chi connectivity index (χ4n) is 3.74. The number of hydrogen-bond acceptors (Lipinski definition) is 2. The molecule has 0 aromatic carbocycles. The Morgan fingerprint density at radius 1 is 1.29 bits per heavy atom. The first-order chi connectivity index (χ1) is 7.85. The molecule has 1 heterocycles. The predicted molar refractivity (Wildman–Crippen MR) is 67.8 cm³/mol. The molecule has 1 atom stereocenters. The zero-order valence-corrected chi connectivity index (χ0v) is 11.3. The molecule has 98 valence electrons. The van der Waals surface area contributed by atoms with Crippen LogP contribution < -0.4 is 5.32 Å². The highest BCUT2D eigenvalue weighted by atomic mass is 16.4. The lowest BCUT2D eigenvalue weighted by Crippen LogP contribution is -2.40. The van der Waals surface area contributed by atoms with Crippen LogP contribution in [0, 0.1) is 22.7 Å². The first-order valence-corrected chi connectivity index (χ1v) is 6.79. The lowest BCUT2D eigenvalue weighted by atomic mass is 9.61. The molecule has 0 radical (unpaired) electrons. The Morgan fingerprint density at radius 2 is 1.88 bits per heavy atom. The van der Waals surface area contributed by atoms with Crippen molar-refractivity contribution < 1.29 is 9.90 Å². The third kappa shape index (κ3) is 2.35. The van der Waals surface area contributed by atoms with Crippen LogP contribution in [0.2, 0.25) is 0 Å². The van der Waals surface area contributed by atoms with Crippen LogP contribution in [-0.2, 0) is 4.79 Å². The molecule has 0 bridgehead atoms. The molecular formula is C14H25NO2. The second-order valence-corrected chi connectivity index (χ2v) is 7.02. The standard InChI is InChI=1S/C14H25NO2/c1-13(2,3)10-4-6-14(7-5-10)9-15-8-11(14)12(16)17/h10-11,15H,4-9H2,1-3H3,(H,16,17). The highest BCUT2D eigenvalue weighted by molar-refractivity contribution is 5.72. The maximum Gasteiger partial charge on any atom is 0.308 e. The molecule has 2 N–H and O–H groups in total. The van der Waals surface area contributed by atoms with Crippen molar-refractivity contribution in [3.8, 4) is 0 Å². The van der Waals surface area contributed by atoms with E-state index in [1.165, 1.54) is 12.8 Å². The summed E-state index contributed by atoms with van der Waals surface area (Å²) in [6.07, 6.45) is 4.54. The van der Waals surface area contributed by atoms with Gasteiger partial charge in [-0.3, -0.25) is 4.79 Å². The topological polar surface area (TPSA) is 49.3 Å². The summed E-state index contributed by atoms with van der Waals surface area (Å²) in [5, 5.41) is 12.6. The highest BCUT2D eigenvalue weighted by Crippen LogP contribution is 2.50. The summed E-state index contributed by atoms with van der Waals surface area (Å²) in [5.74, 6) is -0.0178. The zero-order valence-electron chi connectivity index (χ0n) is 11.3. The monoisotopic (exact) mass is 239 g/mol. The molecule has 1 saturated carbocycles. The van der Waals surface area contributed by atoms with Crippen molar-refractivity contribution in [2.24, 2.45) is 22.7 Å². The van der Waals surface area contributed by atoms with E-state index in [4.69, 9.17) is 0 Å². The normalized spacial score (nSPS) is 38.5. The van der Waals surface area contributed by atoms with Gasteiger partial charge in [0.15, 0.2) is 0 Å². The van der Waals surface area contributed by atoms with Crippen molar-refractivity contribution in [3.05, 3.63) is 0 Å². The van der Waals surface area contributed by atoms with Gasteiger partial charge in [-0.25, -0.2) is 0 Å². The summed E-state index contributed by atoms with van der Waals surface area (Å²) < 4.78 is 0. The van der Waals surface area contributed by atoms with Gasteiger partial charge < -0.3 is 10.4 Å². The van der Waals surface area contributed by atoms with Gasteiger partial charge in [0, 0.05) is 13.1 Å². The predicted octanol–water partition coefficient (Wildman–Crippen LogP) is 2.51. The molecule has 1 spiro atoms. The molecule has 1 aliphatic heterocycles. The van der Waals surface area contributed by atoms with Crippen LogP contribution in [0.1, 0.15) is 46.5 Å². The number of hydrogen-bond donors (Lipinski definition) is 2. The number of nitrogens with one attached hydrogen (secondary N) is 1. The van der Waals surface area contributed by atoms with Crippen LogP contribution in [0.3, 0.4) is 0 Å². The molecule has 2 rings (SSSR count). The lowest BCUT2D eigenvalue weighted by molar-refractivity contribution is -0.145. The maximum atomic E-state index is 11.3. The van der Waals surface area contributed by atoms with Gasteiger partial charge in [0.2, 0.25) is 0 Å². The number of carboxylic acids is 1. The summed E-state index contributed by atoms with van der Waals surface area (Å²) in [4.78, 5) is 11.3. The molecule has 1 unspecified atom stereocenters. The van der Waals surface area contributed by atoms with Gasteiger partial charge in [-0.1, -0.05) is 20.8 Å². The molecule has 2 fully saturated rings. The maximum absolute atomic E-state index is 11.3. The third-order valence-corrected chi connectivity index (χ3v) is 5.07. The van der Waals surface area contributed by atoms with E-state index in [9.17, 15) is 9.90 Å². The molecule has 1 saturated heterocycles. The first kappa shape index (κ1) is 12.9. The van der Waals surface area contributed by atoms with E-state index in [1.54, 1.807) is 0 Å². The Labute approximate surface area is 104 Å². The van der Waals surface area contributed by atoms with Crippen molar-refractivity contribution >= 4 is 5.97 Å². The molecule has 1 aliphatic carbocycles. The summed E-state index contributed by atoms with van der Waals surface area (Å²) in [5.41, 5.74) is 0.417. The van der Waals surface area contributed by atoms with E-state index < -0.39 is 5.97 Å². The van der Waals surface area contributed by atoms with Crippen molar-refractivity contribution in [1.29, 1.82) is 0 Å². The Kier molecular flexibility index (Phi) is 3.23. The van der Waals surface area contributed by atoms with Crippen molar-refractivity contribution in [2.45, 2.75) is 46.5 Å². The van der Waals surface area contributed by atoms with E-state index in [0.717, 1.165) is 25.3 Å². The van der Waals surface area contributed by atoms with Crippen molar-refractivity contribution in [1.82, 2.24) is 5.32 Å². The summed E-state index contributed by atoms with van der Waals surface area (Å²) in [6.45, 7) is 8.47. The smallest absolute Gasteiger partial charge is 0.308 e. The fraction of sp³-hybridized carbons (Fsp3) is 0.929. The minimum atomic E-state index is -0.607. The van der Waals surface area contributed by atoms with E-state index in [2.05, 4.69) is 26.1 Å². The van der Waals surface area contributed by atoms with Crippen LogP contribution in [-0.4, -0.2) is 24.2 Å². The zero-order chi connectivity index (χ0) is 12.7. The van der Waals surface area contributed by atoms with Gasteiger partial charge in [0.25, 0.3) is 0 Å². The average Bonchev–Trinajstić information content (AvgIpc) is 2.61. The molecule has 2 aliphatic rings. The van der Waals surface area contributed by atoms with Crippen LogP contribution >= 0.6 is 0 Å². The first-order valence-electron chi connectivity index (χ1n) is 6.79. The number of carbonyl (C=O) groups is 1. The number of aliphatic carboxylic acids is 1. The van der Waals surface area contributed by atoms with Gasteiger partial charge in [-0.15, -0.1) is 0 Å². The second kappa shape index (κ2) is 4.27. The summed E-state index contributed by atoms with van der Waals surface area (Å²) in [7, 11) is 0. The minimum absolute atomic E-state index is 0.0492. The van der Waals surface area contributed by atoms with Crippen molar-refractivity contribution in [2.75, 3.05) is 13.1 Å². The van der Waals surface area contributed by atoms with Crippen LogP contribution in [0.15, 0.2) is 0 Å². The van der Waals surface area contributed by atoms with Gasteiger partial charge in [-0.2, -0.15) is 0 Å². The van der Waals surface area contributed by atoms with E-state index in [-0.39, 0.29) is 11.3 Å². The van der Waals surface area contributed by atoms with Gasteiger partial charge >= 0.3 is 5.97 Å². The highest BCUT2D eigenvalue weighted by Gasteiger charge is 2.49. The molecule has 0 aromatic heterocycles. The Hall–Kier alpha value is -0.570. The van der Waals surface area contributed by atoms with Crippen LogP contribution in [0.4, 0.5) is 0 Å². The number of rotatable bonds is 1. The molecule has 3 heteroatoms. The Balaban J connectivity index is 2.04. The molecule has 0 aromatic rings. The Bertz CT molecular complexity index is 298. The Morgan fingerprint density at radius 3 is 2.35 bits per heavy atom. The molecule has 3 nitrogen and oxygen atoms in total.